The molecular formula is C21H29N9O2. The average molecular weight is 440 g/mol. The third kappa shape index (κ3) is 4.78. The second kappa shape index (κ2) is 9.88. The number of hydrogen-bond acceptors (Lipinski definition) is 9. The predicted molar refractivity (Wildman–Crippen MR) is 122 cm³/mol. The summed E-state index contributed by atoms with van der Waals surface area (Å²) in [5.41, 5.74) is 13.4. The SMILES string of the molecule is CCOCCn1ncc2c(Nc3nc(N[C@@H]4CCCC[C@@H]4N)nnc3C(N)=O)cccc21. The van der Waals surface area contributed by atoms with Gasteiger partial charge in [0.15, 0.2) is 11.5 Å². The van der Waals surface area contributed by atoms with Gasteiger partial charge in [0.1, 0.15) is 0 Å². The van der Waals surface area contributed by atoms with Crippen molar-refractivity contribution in [1.82, 2.24) is 25.0 Å². The molecule has 0 bridgehead atoms. The maximum Gasteiger partial charge on any atom is 0.273 e. The molecule has 0 aliphatic heterocycles. The van der Waals surface area contributed by atoms with Crippen LogP contribution in [0.1, 0.15) is 43.1 Å². The Balaban J connectivity index is 1.61. The second-order valence-electron chi connectivity index (χ2n) is 7.82. The van der Waals surface area contributed by atoms with Gasteiger partial charge in [0.25, 0.3) is 5.91 Å². The molecule has 1 saturated carbocycles. The Labute approximate surface area is 185 Å². The molecule has 170 valence electrons. The number of rotatable bonds is 9. The zero-order chi connectivity index (χ0) is 22.5. The maximum atomic E-state index is 11.9. The highest BCUT2D eigenvalue weighted by molar-refractivity contribution is 5.98. The number of carbonyl (C=O) groups excluding carboxylic acids is 1. The van der Waals surface area contributed by atoms with Crippen molar-refractivity contribution in [1.29, 1.82) is 0 Å². The molecule has 32 heavy (non-hydrogen) atoms. The average Bonchev–Trinajstić information content (AvgIpc) is 3.20. The van der Waals surface area contributed by atoms with Crippen LogP contribution >= 0.6 is 0 Å². The van der Waals surface area contributed by atoms with Crippen molar-refractivity contribution in [3.63, 3.8) is 0 Å². The standard InChI is InChI=1S/C21H29N9O2/c1-2-32-11-10-30-17-9-5-8-15(13(17)12-24-30)25-20-18(19(23)31)28-29-21(27-20)26-16-7-4-3-6-14(16)22/h5,8-9,12,14,16H,2-4,6-7,10-11,22H2,1H3,(H2,23,31)(H2,25,26,27,29)/t14-,16+/m0/s1. The summed E-state index contributed by atoms with van der Waals surface area (Å²) >= 11 is 0. The number of carbonyl (C=O) groups is 1. The Morgan fingerprint density at radius 1 is 1.28 bits per heavy atom. The van der Waals surface area contributed by atoms with Crippen LogP contribution in [0.3, 0.4) is 0 Å². The number of hydrogen-bond donors (Lipinski definition) is 4. The van der Waals surface area contributed by atoms with E-state index in [1.54, 1.807) is 6.20 Å². The molecule has 1 amide bonds. The quantitative estimate of drug-likeness (QED) is 0.364. The topological polar surface area (TPSA) is 159 Å². The molecule has 0 unspecified atom stereocenters. The van der Waals surface area contributed by atoms with Crippen LogP contribution in [-0.4, -0.2) is 56.2 Å². The van der Waals surface area contributed by atoms with Gasteiger partial charge >= 0.3 is 0 Å². The molecule has 6 N–H and O–H groups in total. The third-order valence-corrected chi connectivity index (χ3v) is 5.65. The molecule has 3 aromatic rings. The minimum absolute atomic E-state index is 0.0239. The van der Waals surface area contributed by atoms with Gasteiger partial charge in [-0.1, -0.05) is 18.9 Å². The Morgan fingerprint density at radius 2 is 2.12 bits per heavy atom. The van der Waals surface area contributed by atoms with E-state index in [9.17, 15) is 4.79 Å². The van der Waals surface area contributed by atoms with E-state index in [0.29, 0.717) is 25.7 Å². The van der Waals surface area contributed by atoms with Crippen LogP contribution in [0, 0.1) is 0 Å². The predicted octanol–water partition coefficient (Wildman–Crippen LogP) is 1.78. The fourth-order valence-corrected chi connectivity index (χ4v) is 3.96. The minimum Gasteiger partial charge on any atom is -0.380 e. The lowest BCUT2D eigenvalue weighted by Crippen LogP contribution is -2.43. The van der Waals surface area contributed by atoms with E-state index in [1.165, 1.54) is 0 Å². The van der Waals surface area contributed by atoms with Crippen LogP contribution in [0.15, 0.2) is 24.4 Å². The normalized spacial score (nSPS) is 18.6. The van der Waals surface area contributed by atoms with Gasteiger partial charge in [0.2, 0.25) is 5.95 Å². The minimum atomic E-state index is -0.715. The van der Waals surface area contributed by atoms with Gasteiger partial charge in [0.05, 0.1) is 30.6 Å². The number of aromatic nitrogens is 5. The highest BCUT2D eigenvalue weighted by atomic mass is 16.5. The van der Waals surface area contributed by atoms with E-state index in [4.69, 9.17) is 16.2 Å². The van der Waals surface area contributed by atoms with E-state index < -0.39 is 5.91 Å². The van der Waals surface area contributed by atoms with Crippen molar-refractivity contribution in [3.8, 4) is 0 Å². The first-order valence-corrected chi connectivity index (χ1v) is 10.9. The number of fused-ring (bicyclic) bond motifs is 1. The Bertz CT molecular complexity index is 1080. The molecule has 0 radical (unpaired) electrons. The van der Waals surface area contributed by atoms with Crippen molar-refractivity contribution in [2.75, 3.05) is 23.8 Å². The first-order chi connectivity index (χ1) is 15.6. The molecule has 11 heteroatoms. The van der Waals surface area contributed by atoms with Crippen LogP contribution in [-0.2, 0) is 11.3 Å². The van der Waals surface area contributed by atoms with Crippen molar-refractivity contribution in [2.24, 2.45) is 11.5 Å². The molecule has 1 aromatic carbocycles. The van der Waals surface area contributed by atoms with E-state index in [0.717, 1.165) is 42.3 Å². The van der Waals surface area contributed by atoms with E-state index in [-0.39, 0.29) is 23.6 Å². The zero-order valence-corrected chi connectivity index (χ0v) is 18.1. The van der Waals surface area contributed by atoms with Gasteiger partial charge in [-0.25, -0.2) is 0 Å². The van der Waals surface area contributed by atoms with E-state index >= 15 is 0 Å². The molecule has 1 fully saturated rings. The summed E-state index contributed by atoms with van der Waals surface area (Å²) in [6.45, 7) is 3.83. The monoisotopic (exact) mass is 439 g/mol. The zero-order valence-electron chi connectivity index (χ0n) is 18.1. The number of primary amides is 1. The smallest absolute Gasteiger partial charge is 0.273 e. The van der Waals surface area contributed by atoms with Crippen molar-refractivity contribution < 1.29 is 9.53 Å². The summed E-state index contributed by atoms with van der Waals surface area (Å²) in [5, 5.41) is 19.8. The fourth-order valence-electron chi connectivity index (χ4n) is 3.96. The van der Waals surface area contributed by atoms with Gasteiger partial charge < -0.3 is 26.8 Å². The molecule has 2 atom stereocenters. The molecule has 0 saturated heterocycles. The van der Waals surface area contributed by atoms with Crippen LogP contribution in [0.5, 0.6) is 0 Å². The number of nitrogens with two attached hydrogens (primary N) is 2. The summed E-state index contributed by atoms with van der Waals surface area (Å²) in [7, 11) is 0. The van der Waals surface area contributed by atoms with Gasteiger partial charge in [0, 0.05) is 24.1 Å². The molecule has 4 rings (SSSR count). The fraction of sp³-hybridized carbons (Fsp3) is 0.476. The lowest BCUT2D eigenvalue weighted by Gasteiger charge is -2.29. The lowest BCUT2D eigenvalue weighted by atomic mass is 9.91. The number of amides is 1. The van der Waals surface area contributed by atoms with E-state index in [2.05, 4.69) is 30.9 Å². The van der Waals surface area contributed by atoms with Crippen LogP contribution in [0.25, 0.3) is 10.9 Å². The van der Waals surface area contributed by atoms with Crippen LogP contribution in [0.2, 0.25) is 0 Å². The summed E-state index contributed by atoms with van der Waals surface area (Å²) in [6.07, 6.45) is 5.87. The third-order valence-electron chi connectivity index (χ3n) is 5.65. The Kier molecular flexibility index (Phi) is 6.76. The molecule has 0 spiro atoms. The first-order valence-electron chi connectivity index (χ1n) is 10.9. The summed E-state index contributed by atoms with van der Waals surface area (Å²) in [4.78, 5) is 16.4. The van der Waals surface area contributed by atoms with Crippen LogP contribution < -0.4 is 22.1 Å². The largest absolute Gasteiger partial charge is 0.380 e. The number of ether oxygens (including phenoxy) is 1. The summed E-state index contributed by atoms with van der Waals surface area (Å²) in [5.74, 6) is -0.179. The molecule has 11 nitrogen and oxygen atoms in total. The highest BCUT2D eigenvalue weighted by Gasteiger charge is 2.23. The molecule has 1 aliphatic rings. The van der Waals surface area contributed by atoms with Gasteiger partial charge in [-0.2, -0.15) is 10.1 Å². The Hall–Kier alpha value is -3.31. The lowest BCUT2D eigenvalue weighted by molar-refractivity contribution is 0.0995. The van der Waals surface area contributed by atoms with Gasteiger partial charge in [-0.05, 0) is 31.9 Å². The molecule has 2 aromatic heterocycles. The number of nitrogens with zero attached hydrogens (tertiary/aromatic N) is 5. The van der Waals surface area contributed by atoms with Crippen LogP contribution in [0.4, 0.5) is 17.5 Å². The molecular weight excluding hydrogens is 410 g/mol. The number of nitrogens with one attached hydrogen (secondary N) is 2. The number of benzene rings is 1. The van der Waals surface area contributed by atoms with Gasteiger partial charge in [-0.15, -0.1) is 10.2 Å². The molecule has 1 aliphatic carbocycles. The highest BCUT2D eigenvalue weighted by Crippen LogP contribution is 2.27. The van der Waals surface area contributed by atoms with Crippen molar-refractivity contribution in [3.05, 3.63) is 30.1 Å². The van der Waals surface area contributed by atoms with Gasteiger partial charge in [-0.3, -0.25) is 9.48 Å². The maximum absolute atomic E-state index is 11.9. The summed E-state index contributed by atoms with van der Waals surface area (Å²) < 4.78 is 7.31. The van der Waals surface area contributed by atoms with Crippen molar-refractivity contribution in [2.45, 2.75) is 51.2 Å². The van der Waals surface area contributed by atoms with Crippen molar-refractivity contribution >= 4 is 34.3 Å². The second-order valence-corrected chi connectivity index (χ2v) is 7.82. The summed E-state index contributed by atoms with van der Waals surface area (Å²) in [6, 6.07) is 5.85. The van der Waals surface area contributed by atoms with E-state index in [1.807, 2.05) is 29.8 Å². The Morgan fingerprint density at radius 3 is 2.91 bits per heavy atom. The molecule has 2 heterocycles. The first kappa shape index (κ1) is 21.9. The number of anilines is 3.